The Kier molecular flexibility index (Phi) is 34.5. The van der Waals surface area contributed by atoms with Crippen molar-refractivity contribution in [1.29, 1.82) is 0 Å². The summed E-state index contributed by atoms with van der Waals surface area (Å²) in [7, 11) is 0. The van der Waals surface area contributed by atoms with Crippen LogP contribution in [0.1, 0.15) is 412 Å². The Hall–Kier alpha value is -5.30. The van der Waals surface area contributed by atoms with E-state index in [9.17, 15) is 47.9 Å². The first-order valence-electron chi connectivity index (χ1n) is 41.0. The van der Waals surface area contributed by atoms with E-state index in [-0.39, 0.29) is 191 Å². The van der Waals surface area contributed by atoms with Gasteiger partial charge >= 0.3 is 59.7 Å². The Morgan fingerprint density at radius 1 is 0.310 bits per heavy atom. The number of fused-ring (bicyclic) bond motifs is 5. The Bertz CT molecular complexity index is 3410. The highest BCUT2D eigenvalue weighted by Gasteiger charge is 2.68. The summed E-state index contributed by atoms with van der Waals surface area (Å²) < 4.78 is 57.9. The molecule has 10 aliphatic carbocycles. The molecule has 0 aromatic rings. The fourth-order valence-corrected chi connectivity index (χ4v) is 23.3. The Morgan fingerprint density at radius 2 is 0.629 bits per heavy atom. The van der Waals surface area contributed by atoms with Gasteiger partial charge in [0.15, 0.2) is 0 Å². The fourth-order valence-electron chi connectivity index (χ4n) is 23.3. The zero-order chi connectivity index (χ0) is 78.3. The minimum atomic E-state index is -1.07. The Morgan fingerprint density at radius 3 is 1.05 bits per heavy atom. The number of rotatable bonds is 15. The van der Waals surface area contributed by atoms with Gasteiger partial charge in [0, 0.05) is 64.2 Å². The van der Waals surface area contributed by atoms with Crippen molar-refractivity contribution in [2.45, 2.75) is 458 Å². The molecule has 10 saturated heterocycles. The van der Waals surface area contributed by atoms with Crippen molar-refractivity contribution in [3.05, 3.63) is 0 Å². The van der Waals surface area contributed by atoms with Crippen LogP contribution in [0.15, 0.2) is 0 Å². The second kappa shape index (κ2) is 36.8. The summed E-state index contributed by atoms with van der Waals surface area (Å²) in [5, 5.41) is 0. The first-order chi connectivity index (χ1) is 48.7. The molecule has 20 bridgehead atoms. The van der Waals surface area contributed by atoms with Crippen molar-refractivity contribution in [1.82, 2.24) is 0 Å². The van der Waals surface area contributed by atoms with E-state index in [4.69, 9.17) is 47.4 Å². The van der Waals surface area contributed by atoms with Crippen LogP contribution in [0.25, 0.3) is 0 Å². The molecule has 0 aromatic carbocycles. The number of ether oxygens (including phenoxy) is 10. The maximum absolute atomic E-state index is 12.7. The fraction of sp³-hybridized carbons (Fsp3) is 0.896. The number of hydrogen-bond acceptors (Lipinski definition) is 20. The molecule has 10 aliphatic heterocycles. The van der Waals surface area contributed by atoms with Crippen LogP contribution >= 0.6 is 0 Å². The summed E-state index contributed by atoms with van der Waals surface area (Å²) in [5.74, 6) is -2.50. The van der Waals surface area contributed by atoms with Crippen LogP contribution < -0.4 is 0 Å². The zero-order valence-electron chi connectivity index (χ0n) is 68.6. The van der Waals surface area contributed by atoms with E-state index in [0.29, 0.717) is 114 Å². The van der Waals surface area contributed by atoms with Crippen LogP contribution in [-0.4, -0.2) is 106 Å². The lowest BCUT2D eigenvalue weighted by Crippen LogP contribution is -2.56. The molecule has 10 saturated carbocycles. The number of carbonyl (C=O) groups is 10. The van der Waals surface area contributed by atoms with Crippen LogP contribution in [0.4, 0.5) is 0 Å². The standard InChI is InChI=1S/3C18H28O4.2C16H24O4.10CH4/c1-6-15(2,3)13(19)22-18-10-16(4)7-12(21-14(18)20)8-17(5,9-16)11-18;1-6-15(2,3)14(20)22-18-8-12-7-16(4,10-18)9-17(5,11-18)21-13(12)19;1-6-15(2,3)14(20)22-18-10-16(4)7-12(13(19)21-18)8-17(5,9-16)11-18;1-4-15(2,3)13(17)20-16-8-10-5-11(9-16)7-12(6-10)19-14(16)18;1-4-15(2,3)14(18)20-16-8-10-5-11(9-16)7-12(6-10)13(17)19-16;;;;;;;;;;/h3*12H,6-11H2,1-5H3;2*10-12H,4-9H2,1-3H3;10*1H4. The normalized spacial score (nSPS) is 38.4. The molecule has 20 rings (SSSR count). The Balaban J connectivity index is 0.000000710. The highest BCUT2D eigenvalue weighted by molar-refractivity contribution is 5.87. The van der Waals surface area contributed by atoms with Gasteiger partial charge in [-0.15, -0.1) is 0 Å². The molecule has 12 atom stereocenters. The second-order valence-corrected chi connectivity index (χ2v) is 42.6. The van der Waals surface area contributed by atoms with Crippen molar-refractivity contribution in [2.75, 3.05) is 0 Å². The van der Waals surface area contributed by atoms with Crippen molar-refractivity contribution < 1.29 is 95.3 Å². The lowest BCUT2D eigenvalue weighted by molar-refractivity contribution is -0.260. The first-order valence-corrected chi connectivity index (χ1v) is 41.0. The van der Waals surface area contributed by atoms with Crippen LogP contribution in [0.5, 0.6) is 0 Å². The van der Waals surface area contributed by atoms with Crippen molar-refractivity contribution in [3.8, 4) is 0 Å². The minimum absolute atomic E-state index is 0. The van der Waals surface area contributed by atoms with Gasteiger partial charge in [0.05, 0.1) is 44.8 Å². The molecule has 0 aromatic heterocycles. The van der Waals surface area contributed by atoms with E-state index in [0.717, 1.165) is 103 Å². The van der Waals surface area contributed by atoms with Crippen LogP contribution in [0.2, 0.25) is 0 Å². The van der Waals surface area contributed by atoms with Gasteiger partial charge in [-0.3, -0.25) is 38.4 Å². The van der Waals surface area contributed by atoms with Gasteiger partial charge in [-0.05, 0) is 255 Å². The Labute approximate surface area is 705 Å². The summed E-state index contributed by atoms with van der Waals surface area (Å²) in [6.07, 6.45) is 24.3. The van der Waals surface area contributed by atoms with E-state index in [2.05, 4.69) is 34.6 Å². The van der Waals surface area contributed by atoms with Gasteiger partial charge in [0.25, 0.3) is 11.6 Å². The third-order valence-corrected chi connectivity index (χ3v) is 29.1. The quantitative estimate of drug-likeness (QED) is 0.109. The zero-order valence-corrected chi connectivity index (χ0v) is 68.6. The molecular formula is C96H172O20. The summed E-state index contributed by atoms with van der Waals surface area (Å²) in [5.41, 5.74) is -5.63. The molecular weight excluding hydrogens is 1470 g/mol. The lowest BCUT2D eigenvalue weighted by Gasteiger charge is -2.54. The van der Waals surface area contributed by atoms with Gasteiger partial charge in [0.1, 0.15) is 23.4 Å². The number of carbonyl (C=O) groups excluding carboxylic acids is 10. The molecule has 20 aliphatic rings. The first kappa shape index (κ1) is 109. The van der Waals surface area contributed by atoms with Gasteiger partial charge < -0.3 is 47.4 Å². The van der Waals surface area contributed by atoms with Gasteiger partial charge in [-0.1, -0.05) is 144 Å². The van der Waals surface area contributed by atoms with E-state index < -0.39 is 61.1 Å². The predicted octanol–water partition coefficient (Wildman–Crippen LogP) is 23.3. The monoisotopic (exact) mass is 1650 g/mol. The second-order valence-electron chi connectivity index (χ2n) is 42.6. The smallest absolute Gasteiger partial charge is 0.350 e. The van der Waals surface area contributed by atoms with Crippen LogP contribution in [0.3, 0.4) is 0 Å². The van der Waals surface area contributed by atoms with Crippen molar-refractivity contribution >= 4 is 59.7 Å². The van der Waals surface area contributed by atoms with E-state index in [1.165, 1.54) is 0 Å². The third-order valence-electron chi connectivity index (χ3n) is 29.1. The topological polar surface area (TPSA) is 263 Å². The molecule has 20 nitrogen and oxygen atoms in total. The molecule has 0 amide bonds. The van der Waals surface area contributed by atoms with Crippen molar-refractivity contribution in [2.24, 2.45) is 95.6 Å². The maximum atomic E-state index is 12.7. The summed E-state index contributed by atoms with van der Waals surface area (Å²) >= 11 is 0. The van der Waals surface area contributed by atoms with Crippen LogP contribution in [-0.2, 0) is 95.3 Å². The largest absolute Gasteiger partial charge is 0.459 e. The average Bonchev–Trinajstić information content (AvgIpc) is 1.52. The molecule has 0 spiro atoms. The maximum Gasteiger partial charge on any atom is 0.350 e. The van der Waals surface area contributed by atoms with Crippen LogP contribution in [0, 0.1) is 95.6 Å². The molecule has 12 unspecified atom stereocenters. The molecule has 0 radical (unpaired) electrons. The van der Waals surface area contributed by atoms with Crippen molar-refractivity contribution in [3.63, 3.8) is 0 Å². The molecule has 10 heterocycles. The van der Waals surface area contributed by atoms with E-state index in [1.54, 1.807) is 0 Å². The number of esters is 10. The highest BCUT2D eigenvalue weighted by Crippen LogP contribution is 2.66. The molecule has 0 N–H and O–H groups in total. The lowest BCUT2D eigenvalue weighted by atomic mass is 9.52. The predicted molar refractivity (Wildman–Crippen MR) is 459 cm³/mol. The summed E-state index contributed by atoms with van der Waals surface area (Å²) in [6, 6.07) is 0. The average molecular weight is 1650 g/mol. The number of hydrogen-bond donors (Lipinski definition) is 0. The van der Waals surface area contributed by atoms with Gasteiger partial charge in [-0.2, -0.15) is 0 Å². The summed E-state index contributed by atoms with van der Waals surface area (Å²) in [6.45, 7) is 41.8. The molecule has 116 heavy (non-hydrogen) atoms. The molecule has 20 fully saturated rings. The van der Waals surface area contributed by atoms with E-state index in [1.807, 2.05) is 111 Å². The van der Waals surface area contributed by atoms with Gasteiger partial charge in [0.2, 0.25) is 11.2 Å². The van der Waals surface area contributed by atoms with E-state index >= 15 is 0 Å². The minimum Gasteiger partial charge on any atom is -0.459 e. The molecule has 20 heteroatoms. The highest BCUT2D eigenvalue weighted by atomic mass is 16.7. The summed E-state index contributed by atoms with van der Waals surface area (Å²) in [4.78, 5) is 125. The SMILES string of the molecule is C.C.C.C.C.C.C.C.C.C.CCC(C)(C)C(=O)OC12CC3(C)CC(CC(C)(C3)C1)C(=O)O2.CCC(C)(C)C(=O)OC12CC3(C)CC(CC(C)(C3)C1)OC2=O.CCC(C)(C)C(=O)OC12CC3CC(C)(CC(C)(C1)OC3=O)C2.CCC(C)(C)C(=O)OC12CC3CC(CC(C3)C(=O)O1)C2.CCC(C)(C)C(=O)OC12CC3CC(CC(C3)OC1=O)C2. The van der Waals surface area contributed by atoms with Gasteiger partial charge in [-0.25, -0.2) is 9.59 Å². The molecule has 676 valence electrons. The third kappa shape index (κ3) is 21.9.